The number of rotatable bonds is 5. The highest BCUT2D eigenvalue weighted by Crippen LogP contribution is 2.15. The Bertz CT molecular complexity index is 537. The maximum absolute atomic E-state index is 10.6. The SMILES string of the molecule is O=C(O)c1cc(CCOc2ccc(Cl)cc2)[nH]n1. The summed E-state index contributed by atoms with van der Waals surface area (Å²) in [6.45, 7) is 0.433. The molecule has 0 radical (unpaired) electrons. The van der Waals surface area contributed by atoms with Crippen molar-refractivity contribution in [3.8, 4) is 5.75 Å². The van der Waals surface area contributed by atoms with Crippen molar-refractivity contribution < 1.29 is 14.6 Å². The van der Waals surface area contributed by atoms with Crippen LogP contribution in [-0.2, 0) is 6.42 Å². The molecule has 2 aromatic rings. The molecule has 0 unspecified atom stereocenters. The van der Waals surface area contributed by atoms with Crippen LogP contribution in [0.3, 0.4) is 0 Å². The predicted octanol–water partition coefficient (Wildman–Crippen LogP) is 2.38. The van der Waals surface area contributed by atoms with Crippen molar-refractivity contribution in [2.75, 3.05) is 6.61 Å². The summed E-state index contributed by atoms with van der Waals surface area (Å²) >= 11 is 5.75. The molecule has 1 heterocycles. The van der Waals surface area contributed by atoms with Crippen molar-refractivity contribution in [1.29, 1.82) is 0 Å². The molecule has 0 saturated carbocycles. The van der Waals surface area contributed by atoms with Gasteiger partial charge in [0.05, 0.1) is 6.61 Å². The Morgan fingerprint density at radius 3 is 2.72 bits per heavy atom. The molecule has 0 bridgehead atoms. The normalized spacial score (nSPS) is 10.3. The Kier molecular flexibility index (Phi) is 3.84. The molecule has 2 N–H and O–H groups in total. The summed E-state index contributed by atoms with van der Waals surface area (Å²) < 4.78 is 5.48. The lowest BCUT2D eigenvalue weighted by Gasteiger charge is -2.04. The second kappa shape index (κ2) is 5.55. The summed E-state index contributed by atoms with van der Waals surface area (Å²) in [5.41, 5.74) is 0.734. The largest absolute Gasteiger partial charge is 0.493 e. The van der Waals surface area contributed by atoms with E-state index in [1.165, 1.54) is 6.07 Å². The summed E-state index contributed by atoms with van der Waals surface area (Å²) in [5.74, 6) is -0.325. The van der Waals surface area contributed by atoms with Crippen molar-refractivity contribution >= 4 is 17.6 Å². The molecule has 0 aliphatic carbocycles. The van der Waals surface area contributed by atoms with E-state index in [1.54, 1.807) is 24.3 Å². The lowest BCUT2D eigenvalue weighted by Crippen LogP contribution is -2.01. The van der Waals surface area contributed by atoms with Gasteiger partial charge in [0.1, 0.15) is 5.75 Å². The molecule has 94 valence electrons. The Hall–Kier alpha value is -2.01. The molecule has 0 aliphatic heterocycles. The highest BCUT2D eigenvalue weighted by Gasteiger charge is 2.07. The number of aromatic amines is 1. The van der Waals surface area contributed by atoms with Crippen LogP contribution in [0.15, 0.2) is 30.3 Å². The maximum atomic E-state index is 10.6. The van der Waals surface area contributed by atoms with Gasteiger partial charge in [-0.2, -0.15) is 5.10 Å². The van der Waals surface area contributed by atoms with Gasteiger partial charge in [0.15, 0.2) is 5.69 Å². The number of hydrogen-bond acceptors (Lipinski definition) is 3. The molecule has 0 aliphatic rings. The fourth-order valence-corrected chi connectivity index (χ4v) is 1.53. The number of halogens is 1. The molecule has 0 saturated heterocycles. The smallest absolute Gasteiger partial charge is 0.356 e. The number of aromatic carboxylic acids is 1. The zero-order valence-corrected chi connectivity index (χ0v) is 10.1. The minimum atomic E-state index is -1.05. The molecule has 6 heteroatoms. The van der Waals surface area contributed by atoms with Gasteiger partial charge in [-0.15, -0.1) is 0 Å². The van der Waals surface area contributed by atoms with Crippen molar-refractivity contribution in [3.63, 3.8) is 0 Å². The van der Waals surface area contributed by atoms with E-state index in [2.05, 4.69) is 10.2 Å². The van der Waals surface area contributed by atoms with Gasteiger partial charge in [-0.3, -0.25) is 5.10 Å². The zero-order chi connectivity index (χ0) is 13.0. The Morgan fingerprint density at radius 1 is 1.39 bits per heavy atom. The predicted molar refractivity (Wildman–Crippen MR) is 66.2 cm³/mol. The van der Waals surface area contributed by atoms with Gasteiger partial charge >= 0.3 is 5.97 Å². The molecule has 1 aromatic heterocycles. The highest BCUT2D eigenvalue weighted by molar-refractivity contribution is 6.30. The molecule has 5 nitrogen and oxygen atoms in total. The number of carbonyl (C=O) groups is 1. The number of carboxylic acids is 1. The number of nitrogens with one attached hydrogen (secondary N) is 1. The fourth-order valence-electron chi connectivity index (χ4n) is 1.41. The van der Waals surface area contributed by atoms with Gasteiger partial charge in [-0.1, -0.05) is 11.6 Å². The van der Waals surface area contributed by atoms with Crippen LogP contribution in [0, 0.1) is 0 Å². The molecule has 0 atom stereocenters. The first kappa shape index (κ1) is 12.4. The lowest BCUT2D eigenvalue weighted by molar-refractivity contribution is 0.0690. The van der Waals surface area contributed by atoms with E-state index in [0.717, 1.165) is 11.4 Å². The molecule has 2 rings (SSSR count). The third-order valence-corrected chi connectivity index (χ3v) is 2.56. The molecular formula is C12H11ClN2O3. The van der Waals surface area contributed by atoms with Crippen molar-refractivity contribution in [1.82, 2.24) is 10.2 Å². The summed E-state index contributed by atoms with van der Waals surface area (Å²) in [6, 6.07) is 8.54. The molecule has 18 heavy (non-hydrogen) atoms. The van der Waals surface area contributed by atoms with Gasteiger partial charge in [-0.25, -0.2) is 4.79 Å². The minimum absolute atomic E-state index is 0.0106. The van der Waals surface area contributed by atoms with E-state index in [1.807, 2.05) is 0 Å². The second-order valence-corrected chi connectivity index (χ2v) is 4.07. The van der Waals surface area contributed by atoms with Crippen LogP contribution in [0.2, 0.25) is 5.02 Å². The van der Waals surface area contributed by atoms with Crippen LogP contribution < -0.4 is 4.74 Å². The third-order valence-electron chi connectivity index (χ3n) is 2.30. The van der Waals surface area contributed by atoms with Gasteiger partial charge in [0.25, 0.3) is 0 Å². The molecule has 0 amide bonds. The Labute approximate surface area is 108 Å². The molecule has 0 fully saturated rings. The zero-order valence-electron chi connectivity index (χ0n) is 9.39. The average Bonchev–Trinajstić information content (AvgIpc) is 2.81. The molecule has 0 spiro atoms. The first-order chi connectivity index (χ1) is 8.65. The number of hydrogen-bond donors (Lipinski definition) is 2. The first-order valence-electron chi connectivity index (χ1n) is 5.31. The summed E-state index contributed by atoms with van der Waals surface area (Å²) in [5, 5.41) is 15.7. The van der Waals surface area contributed by atoms with Crippen molar-refractivity contribution in [2.24, 2.45) is 0 Å². The van der Waals surface area contributed by atoms with Crippen LogP contribution in [0.4, 0.5) is 0 Å². The lowest BCUT2D eigenvalue weighted by atomic mass is 10.3. The van der Waals surface area contributed by atoms with Crippen LogP contribution in [0.25, 0.3) is 0 Å². The van der Waals surface area contributed by atoms with Gasteiger partial charge in [0, 0.05) is 17.1 Å². The minimum Gasteiger partial charge on any atom is -0.493 e. The van der Waals surface area contributed by atoms with Crippen LogP contribution >= 0.6 is 11.6 Å². The highest BCUT2D eigenvalue weighted by atomic mass is 35.5. The quantitative estimate of drug-likeness (QED) is 0.871. The van der Waals surface area contributed by atoms with Gasteiger partial charge in [0.2, 0.25) is 0 Å². The van der Waals surface area contributed by atoms with E-state index in [4.69, 9.17) is 21.4 Å². The Balaban J connectivity index is 1.84. The van der Waals surface area contributed by atoms with Crippen LogP contribution in [0.5, 0.6) is 5.75 Å². The van der Waals surface area contributed by atoms with E-state index in [0.29, 0.717) is 18.1 Å². The average molecular weight is 267 g/mol. The van der Waals surface area contributed by atoms with E-state index in [9.17, 15) is 4.79 Å². The van der Waals surface area contributed by atoms with Gasteiger partial charge < -0.3 is 9.84 Å². The number of H-pyrrole nitrogens is 1. The fraction of sp³-hybridized carbons (Fsp3) is 0.167. The topological polar surface area (TPSA) is 75.2 Å². The van der Waals surface area contributed by atoms with E-state index in [-0.39, 0.29) is 5.69 Å². The number of nitrogens with zero attached hydrogens (tertiary/aromatic N) is 1. The number of aromatic nitrogens is 2. The monoisotopic (exact) mass is 266 g/mol. The van der Waals surface area contributed by atoms with Crippen LogP contribution in [-0.4, -0.2) is 27.9 Å². The van der Waals surface area contributed by atoms with Gasteiger partial charge in [-0.05, 0) is 30.3 Å². The standard InChI is InChI=1S/C12H11ClN2O3/c13-8-1-3-10(4-2-8)18-6-5-9-7-11(12(16)17)15-14-9/h1-4,7H,5-6H2,(H,14,15)(H,16,17). The van der Waals surface area contributed by atoms with E-state index >= 15 is 0 Å². The summed E-state index contributed by atoms with van der Waals surface area (Å²) in [7, 11) is 0. The first-order valence-corrected chi connectivity index (χ1v) is 5.69. The number of benzene rings is 1. The number of carboxylic acid groups (broad SMARTS) is 1. The number of ether oxygens (including phenoxy) is 1. The summed E-state index contributed by atoms with van der Waals surface area (Å²) in [4.78, 5) is 10.6. The maximum Gasteiger partial charge on any atom is 0.356 e. The summed E-state index contributed by atoms with van der Waals surface area (Å²) in [6.07, 6.45) is 0.558. The van der Waals surface area contributed by atoms with Crippen molar-refractivity contribution in [2.45, 2.75) is 6.42 Å². The third kappa shape index (κ3) is 3.24. The second-order valence-electron chi connectivity index (χ2n) is 3.64. The molecular weight excluding hydrogens is 256 g/mol. The van der Waals surface area contributed by atoms with Crippen LogP contribution in [0.1, 0.15) is 16.2 Å². The van der Waals surface area contributed by atoms with Crippen molar-refractivity contribution in [3.05, 3.63) is 46.7 Å². The Morgan fingerprint density at radius 2 is 2.11 bits per heavy atom. The molecule has 1 aromatic carbocycles. The van der Waals surface area contributed by atoms with E-state index < -0.39 is 5.97 Å².